The minimum atomic E-state index is 0.480. The Morgan fingerprint density at radius 3 is 2.74 bits per heavy atom. The predicted octanol–water partition coefficient (Wildman–Crippen LogP) is 3.38. The Morgan fingerprint density at radius 2 is 2.00 bits per heavy atom. The lowest BCUT2D eigenvalue weighted by Crippen LogP contribution is -2.31. The van der Waals surface area contributed by atoms with Gasteiger partial charge >= 0.3 is 0 Å². The molecule has 0 fully saturated rings. The van der Waals surface area contributed by atoms with E-state index in [1.165, 1.54) is 17.8 Å². The van der Waals surface area contributed by atoms with Gasteiger partial charge in [0.1, 0.15) is 5.82 Å². The molecule has 0 spiro atoms. The van der Waals surface area contributed by atoms with E-state index in [2.05, 4.69) is 54.9 Å². The van der Waals surface area contributed by atoms with Crippen LogP contribution in [0.3, 0.4) is 0 Å². The molecule has 1 unspecified atom stereocenters. The van der Waals surface area contributed by atoms with Crippen LogP contribution in [-0.2, 0) is 13.0 Å². The molecule has 0 aliphatic heterocycles. The summed E-state index contributed by atoms with van der Waals surface area (Å²) in [6.07, 6.45) is 3.37. The summed E-state index contributed by atoms with van der Waals surface area (Å²) >= 11 is 0. The lowest BCUT2D eigenvalue weighted by Gasteiger charge is -2.16. The van der Waals surface area contributed by atoms with E-state index >= 15 is 0 Å². The minimum Gasteiger partial charge on any atom is -0.326 e. The second-order valence-electron chi connectivity index (χ2n) is 5.23. The fraction of sp³-hybridized carbons (Fsp3) is 0.562. The number of hydrogen-bond donors (Lipinski definition) is 1. The van der Waals surface area contributed by atoms with Gasteiger partial charge in [0.15, 0.2) is 0 Å². The minimum absolute atomic E-state index is 0.480. The molecule has 104 valence electrons. The second-order valence-corrected chi connectivity index (χ2v) is 5.23. The molecule has 0 amide bonds. The number of nitrogens with one attached hydrogen (secondary N) is 1. The molecule has 3 heteroatoms. The first-order chi connectivity index (χ1) is 9.26. The number of benzene rings is 1. The van der Waals surface area contributed by atoms with Gasteiger partial charge in [-0.3, -0.25) is 0 Å². The van der Waals surface area contributed by atoms with Crippen molar-refractivity contribution in [3.8, 4) is 0 Å². The molecular weight excluding hydrogens is 234 g/mol. The average Bonchev–Trinajstić information content (AvgIpc) is 2.75. The van der Waals surface area contributed by atoms with Gasteiger partial charge in [0.05, 0.1) is 11.0 Å². The fourth-order valence-electron chi connectivity index (χ4n) is 2.47. The SMILES string of the molecule is CCCNC(C)Cn1c(CCC)nc2ccccc21. The van der Waals surface area contributed by atoms with Crippen LogP contribution in [0.2, 0.25) is 0 Å². The molecule has 0 aliphatic rings. The smallest absolute Gasteiger partial charge is 0.109 e. The topological polar surface area (TPSA) is 29.9 Å². The van der Waals surface area contributed by atoms with E-state index in [0.717, 1.165) is 31.4 Å². The number of hydrogen-bond acceptors (Lipinski definition) is 2. The third-order valence-corrected chi connectivity index (χ3v) is 3.41. The normalized spacial score (nSPS) is 13.0. The van der Waals surface area contributed by atoms with E-state index in [4.69, 9.17) is 4.98 Å². The van der Waals surface area contributed by atoms with Crippen molar-refractivity contribution >= 4 is 11.0 Å². The zero-order valence-electron chi connectivity index (χ0n) is 12.3. The average molecular weight is 259 g/mol. The number of nitrogens with zero attached hydrogens (tertiary/aromatic N) is 2. The first-order valence-electron chi connectivity index (χ1n) is 7.43. The van der Waals surface area contributed by atoms with Gasteiger partial charge in [0.25, 0.3) is 0 Å². The molecule has 0 saturated heterocycles. The highest BCUT2D eigenvalue weighted by atomic mass is 15.1. The van der Waals surface area contributed by atoms with Crippen molar-refractivity contribution in [3.05, 3.63) is 30.1 Å². The van der Waals surface area contributed by atoms with Crippen LogP contribution in [0.25, 0.3) is 11.0 Å². The Morgan fingerprint density at radius 1 is 1.21 bits per heavy atom. The summed E-state index contributed by atoms with van der Waals surface area (Å²) in [6.45, 7) is 8.74. The van der Waals surface area contributed by atoms with E-state index in [1.54, 1.807) is 0 Å². The molecule has 3 nitrogen and oxygen atoms in total. The van der Waals surface area contributed by atoms with Crippen molar-refractivity contribution in [1.29, 1.82) is 0 Å². The molecule has 0 saturated carbocycles. The molecule has 1 atom stereocenters. The van der Waals surface area contributed by atoms with Crippen LogP contribution in [0, 0.1) is 0 Å². The third-order valence-electron chi connectivity index (χ3n) is 3.41. The third kappa shape index (κ3) is 3.35. The number of aromatic nitrogens is 2. The van der Waals surface area contributed by atoms with Gasteiger partial charge in [0.2, 0.25) is 0 Å². The van der Waals surface area contributed by atoms with Crippen molar-refractivity contribution in [3.63, 3.8) is 0 Å². The van der Waals surface area contributed by atoms with Crippen molar-refractivity contribution in [2.75, 3.05) is 6.54 Å². The number of fused-ring (bicyclic) bond motifs is 1. The zero-order valence-corrected chi connectivity index (χ0v) is 12.3. The Bertz CT molecular complexity index is 516. The quantitative estimate of drug-likeness (QED) is 0.826. The van der Waals surface area contributed by atoms with Gasteiger partial charge in [-0.15, -0.1) is 0 Å². The van der Waals surface area contributed by atoms with Crippen LogP contribution in [-0.4, -0.2) is 22.1 Å². The van der Waals surface area contributed by atoms with E-state index in [9.17, 15) is 0 Å². The molecule has 0 aliphatic carbocycles. The van der Waals surface area contributed by atoms with Gasteiger partial charge in [-0.2, -0.15) is 0 Å². The van der Waals surface area contributed by atoms with Crippen LogP contribution in [0.4, 0.5) is 0 Å². The summed E-state index contributed by atoms with van der Waals surface area (Å²) in [5.74, 6) is 1.22. The number of para-hydroxylation sites is 2. The standard InChI is InChI=1S/C16H25N3/c1-4-8-16-18-14-9-6-7-10-15(14)19(16)12-13(3)17-11-5-2/h6-7,9-10,13,17H,4-5,8,11-12H2,1-3H3. The van der Waals surface area contributed by atoms with E-state index in [1.807, 2.05) is 0 Å². The maximum atomic E-state index is 4.77. The van der Waals surface area contributed by atoms with E-state index in [0.29, 0.717) is 6.04 Å². The fourth-order valence-corrected chi connectivity index (χ4v) is 2.47. The monoisotopic (exact) mass is 259 g/mol. The van der Waals surface area contributed by atoms with Crippen LogP contribution in [0.5, 0.6) is 0 Å². The van der Waals surface area contributed by atoms with Crippen molar-refractivity contribution in [2.24, 2.45) is 0 Å². The maximum absolute atomic E-state index is 4.77. The molecule has 1 aromatic heterocycles. The van der Waals surface area contributed by atoms with Gasteiger partial charge < -0.3 is 9.88 Å². The zero-order chi connectivity index (χ0) is 13.7. The molecule has 0 bridgehead atoms. The Kier molecular flexibility index (Phi) is 4.97. The van der Waals surface area contributed by atoms with Crippen LogP contribution in [0.15, 0.2) is 24.3 Å². The summed E-state index contributed by atoms with van der Waals surface area (Å²) < 4.78 is 2.38. The summed E-state index contributed by atoms with van der Waals surface area (Å²) in [4.78, 5) is 4.77. The van der Waals surface area contributed by atoms with Crippen LogP contribution in [0.1, 0.15) is 39.4 Å². The molecule has 2 aromatic rings. The van der Waals surface area contributed by atoms with Crippen molar-refractivity contribution in [2.45, 2.75) is 52.6 Å². The second kappa shape index (κ2) is 6.71. The first-order valence-corrected chi connectivity index (χ1v) is 7.43. The van der Waals surface area contributed by atoms with E-state index in [-0.39, 0.29) is 0 Å². The van der Waals surface area contributed by atoms with Crippen molar-refractivity contribution in [1.82, 2.24) is 14.9 Å². The number of imidazole rings is 1. The summed E-state index contributed by atoms with van der Waals surface area (Å²) in [5, 5.41) is 3.56. The lowest BCUT2D eigenvalue weighted by atomic mass is 10.2. The van der Waals surface area contributed by atoms with Gasteiger partial charge in [0, 0.05) is 19.0 Å². The van der Waals surface area contributed by atoms with Crippen LogP contribution >= 0.6 is 0 Å². The molecule has 1 N–H and O–H groups in total. The maximum Gasteiger partial charge on any atom is 0.109 e. The molecule has 1 aromatic carbocycles. The van der Waals surface area contributed by atoms with Crippen molar-refractivity contribution < 1.29 is 0 Å². The highest BCUT2D eigenvalue weighted by molar-refractivity contribution is 5.75. The largest absolute Gasteiger partial charge is 0.326 e. The lowest BCUT2D eigenvalue weighted by molar-refractivity contribution is 0.473. The summed E-state index contributed by atoms with van der Waals surface area (Å²) in [5.41, 5.74) is 2.38. The Hall–Kier alpha value is -1.35. The highest BCUT2D eigenvalue weighted by Gasteiger charge is 2.11. The Labute approximate surface area is 116 Å². The van der Waals surface area contributed by atoms with Crippen LogP contribution < -0.4 is 5.32 Å². The Balaban J connectivity index is 2.25. The van der Waals surface area contributed by atoms with Gasteiger partial charge in [-0.1, -0.05) is 26.0 Å². The highest BCUT2D eigenvalue weighted by Crippen LogP contribution is 2.17. The van der Waals surface area contributed by atoms with E-state index < -0.39 is 0 Å². The predicted molar refractivity (Wildman–Crippen MR) is 81.5 cm³/mol. The molecule has 1 heterocycles. The molecular formula is C16H25N3. The molecule has 2 rings (SSSR count). The summed E-state index contributed by atoms with van der Waals surface area (Å²) in [7, 11) is 0. The van der Waals surface area contributed by atoms with Gasteiger partial charge in [-0.05, 0) is 38.4 Å². The number of rotatable bonds is 7. The molecule has 19 heavy (non-hydrogen) atoms. The number of aryl methyl sites for hydroxylation is 1. The summed E-state index contributed by atoms with van der Waals surface area (Å²) in [6, 6.07) is 8.92. The first kappa shape index (κ1) is 14.1. The molecule has 0 radical (unpaired) electrons. The van der Waals surface area contributed by atoms with Gasteiger partial charge in [-0.25, -0.2) is 4.98 Å².